The van der Waals surface area contributed by atoms with Gasteiger partial charge in [0.15, 0.2) is 5.58 Å². The summed E-state index contributed by atoms with van der Waals surface area (Å²) >= 11 is 0. The highest BCUT2D eigenvalue weighted by atomic mass is 16.4. The third-order valence-corrected chi connectivity index (χ3v) is 3.22. The molecule has 0 atom stereocenters. The van der Waals surface area contributed by atoms with Crippen molar-refractivity contribution < 1.29 is 9.21 Å². The number of nitrogen functional groups attached to an aromatic ring is 1. The lowest BCUT2D eigenvalue weighted by atomic mass is 10.3. The molecule has 2 aromatic rings. The van der Waals surface area contributed by atoms with Gasteiger partial charge >= 0.3 is 0 Å². The van der Waals surface area contributed by atoms with Gasteiger partial charge in [-0.25, -0.2) is 0 Å². The lowest BCUT2D eigenvalue weighted by Crippen LogP contribution is -2.38. The third kappa shape index (κ3) is 2.84. The zero-order valence-electron chi connectivity index (χ0n) is 12.1. The maximum absolute atomic E-state index is 12.1. The topological polar surface area (TPSA) is 75.6 Å². The van der Waals surface area contributed by atoms with Crippen molar-refractivity contribution in [1.29, 1.82) is 0 Å². The molecule has 0 unspecified atom stereocenters. The molecule has 1 heterocycles. The summed E-state index contributed by atoms with van der Waals surface area (Å²) in [5.41, 5.74) is 7.71. The fourth-order valence-corrected chi connectivity index (χ4v) is 2.04. The van der Waals surface area contributed by atoms with Gasteiger partial charge in [-0.2, -0.15) is 4.98 Å². The van der Waals surface area contributed by atoms with Gasteiger partial charge in [0, 0.05) is 25.8 Å². The Bertz CT molecular complexity index is 604. The Morgan fingerprint density at radius 1 is 1.35 bits per heavy atom. The number of rotatable bonds is 5. The van der Waals surface area contributed by atoms with Gasteiger partial charge < -0.3 is 20.0 Å². The van der Waals surface area contributed by atoms with E-state index in [1.54, 1.807) is 35.0 Å². The minimum Gasteiger partial charge on any atom is -0.423 e. The number of nitrogens with two attached hydrogens (primary N) is 1. The molecule has 0 fully saturated rings. The smallest absolute Gasteiger partial charge is 0.298 e. The largest absolute Gasteiger partial charge is 0.423 e. The van der Waals surface area contributed by atoms with Gasteiger partial charge in [-0.05, 0) is 32.0 Å². The van der Waals surface area contributed by atoms with Crippen LogP contribution in [0.15, 0.2) is 22.6 Å². The van der Waals surface area contributed by atoms with Crippen LogP contribution in [0.2, 0.25) is 0 Å². The number of hydrogen-bond donors (Lipinski definition) is 1. The molecule has 0 aliphatic heterocycles. The van der Waals surface area contributed by atoms with Gasteiger partial charge in [-0.3, -0.25) is 4.79 Å². The highest BCUT2D eigenvalue weighted by molar-refractivity contribution is 5.82. The van der Waals surface area contributed by atoms with Crippen molar-refractivity contribution >= 4 is 28.7 Å². The number of nitrogens with zero attached hydrogens (tertiary/aromatic N) is 3. The molecule has 0 spiro atoms. The van der Waals surface area contributed by atoms with Crippen LogP contribution in [0, 0.1) is 0 Å². The van der Waals surface area contributed by atoms with E-state index in [2.05, 4.69) is 4.98 Å². The molecule has 1 aromatic heterocycles. The van der Waals surface area contributed by atoms with Crippen LogP contribution >= 0.6 is 0 Å². The molecular formula is C14H20N4O2. The number of aromatic nitrogens is 1. The van der Waals surface area contributed by atoms with E-state index in [1.165, 1.54) is 0 Å². The van der Waals surface area contributed by atoms with Crippen LogP contribution in [0.3, 0.4) is 0 Å². The lowest BCUT2D eigenvalue weighted by molar-refractivity contribution is -0.129. The van der Waals surface area contributed by atoms with Crippen molar-refractivity contribution in [3.8, 4) is 0 Å². The molecule has 0 saturated heterocycles. The van der Waals surface area contributed by atoms with E-state index in [1.807, 2.05) is 13.8 Å². The molecule has 1 amide bonds. The Morgan fingerprint density at radius 2 is 2.05 bits per heavy atom. The van der Waals surface area contributed by atoms with Crippen LogP contribution in [0.5, 0.6) is 0 Å². The minimum absolute atomic E-state index is 0.0549. The van der Waals surface area contributed by atoms with Crippen molar-refractivity contribution in [3.05, 3.63) is 18.2 Å². The second-order valence-corrected chi connectivity index (χ2v) is 4.65. The van der Waals surface area contributed by atoms with Crippen LogP contribution in [0.25, 0.3) is 11.1 Å². The Morgan fingerprint density at radius 3 is 2.70 bits per heavy atom. The van der Waals surface area contributed by atoms with Gasteiger partial charge in [0.1, 0.15) is 12.1 Å². The number of benzene rings is 1. The second kappa shape index (κ2) is 5.81. The van der Waals surface area contributed by atoms with Crippen LogP contribution in [-0.2, 0) is 4.79 Å². The predicted octanol–water partition coefficient (Wildman–Crippen LogP) is 1.71. The van der Waals surface area contributed by atoms with Crippen LogP contribution < -0.4 is 10.6 Å². The van der Waals surface area contributed by atoms with Crippen molar-refractivity contribution in [3.63, 3.8) is 0 Å². The first-order chi connectivity index (χ1) is 9.55. The first-order valence-corrected chi connectivity index (χ1v) is 6.70. The number of oxazole rings is 1. The fourth-order valence-electron chi connectivity index (χ4n) is 2.04. The van der Waals surface area contributed by atoms with Crippen LogP contribution in [0.4, 0.5) is 11.7 Å². The maximum atomic E-state index is 12.1. The van der Waals surface area contributed by atoms with E-state index in [0.29, 0.717) is 35.9 Å². The summed E-state index contributed by atoms with van der Waals surface area (Å²) in [4.78, 5) is 19.9. The first-order valence-electron chi connectivity index (χ1n) is 6.70. The SMILES string of the molecule is CCN(CC)C(=O)CN(C)c1nc2cc(N)ccc2o1. The number of likely N-dealkylation sites (N-methyl/N-ethyl adjacent to an activating group) is 2. The van der Waals surface area contributed by atoms with Gasteiger partial charge in [-0.15, -0.1) is 0 Å². The summed E-state index contributed by atoms with van der Waals surface area (Å²) in [5, 5.41) is 0. The molecule has 0 radical (unpaired) electrons. The third-order valence-electron chi connectivity index (χ3n) is 3.22. The fraction of sp³-hybridized carbons (Fsp3) is 0.429. The number of amides is 1. The van der Waals surface area contributed by atoms with Gasteiger partial charge in [0.25, 0.3) is 6.01 Å². The summed E-state index contributed by atoms with van der Waals surface area (Å²) in [6, 6.07) is 5.72. The van der Waals surface area contributed by atoms with E-state index in [0.717, 1.165) is 0 Å². The highest BCUT2D eigenvalue weighted by Gasteiger charge is 2.16. The molecule has 0 aliphatic carbocycles. The summed E-state index contributed by atoms with van der Waals surface area (Å²) < 4.78 is 5.62. The number of hydrogen-bond acceptors (Lipinski definition) is 5. The predicted molar refractivity (Wildman–Crippen MR) is 79.6 cm³/mol. The number of anilines is 2. The van der Waals surface area contributed by atoms with E-state index < -0.39 is 0 Å². The molecule has 0 saturated carbocycles. The Labute approximate surface area is 118 Å². The highest BCUT2D eigenvalue weighted by Crippen LogP contribution is 2.22. The summed E-state index contributed by atoms with van der Waals surface area (Å²) in [6.45, 7) is 5.57. The Hall–Kier alpha value is -2.24. The number of fused-ring (bicyclic) bond motifs is 1. The molecule has 0 aliphatic rings. The van der Waals surface area contributed by atoms with Crippen molar-refractivity contribution in [2.45, 2.75) is 13.8 Å². The van der Waals surface area contributed by atoms with Gasteiger partial charge in [0.05, 0.1) is 0 Å². The van der Waals surface area contributed by atoms with Crippen molar-refractivity contribution in [2.75, 3.05) is 37.3 Å². The lowest BCUT2D eigenvalue weighted by Gasteiger charge is -2.22. The summed E-state index contributed by atoms with van der Waals surface area (Å²) in [6.07, 6.45) is 0. The van der Waals surface area contributed by atoms with Gasteiger partial charge in [-0.1, -0.05) is 0 Å². The molecule has 6 nitrogen and oxygen atoms in total. The van der Waals surface area contributed by atoms with E-state index in [9.17, 15) is 4.79 Å². The van der Waals surface area contributed by atoms with Crippen LogP contribution in [0.1, 0.15) is 13.8 Å². The van der Waals surface area contributed by atoms with E-state index in [-0.39, 0.29) is 12.5 Å². The quantitative estimate of drug-likeness (QED) is 0.841. The summed E-state index contributed by atoms with van der Waals surface area (Å²) in [5.74, 6) is 0.0549. The standard InChI is InChI=1S/C14H20N4O2/c1-4-18(5-2)13(19)9-17(3)14-16-11-8-10(15)6-7-12(11)20-14/h6-8H,4-5,9,15H2,1-3H3. The molecule has 1 aromatic carbocycles. The number of carbonyl (C=O) groups excluding carboxylic acids is 1. The molecule has 0 bridgehead atoms. The molecule has 2 rings (SSSR count). The second-order valence-electron chi connectivity index (χ2n) is 4.65. The van der Waals surface area contributed by atoms with Crippen molar-refractivity contribution in [2.24, 2.45) is 0 Å². The minimum atomic E-state index is 0.0549. The maximum Gasteiger partial charge on any atom is 0.298 e. The van der Waals surface area contributed by atoms with E-state index >= 15 is 0 Å². The first kappa shape index (κ1) is 14.2. The Kier molecular flexibility index (Phi) is 4.12. The Balaban J connectivity index is 2.14. The zero-order chi connectivity index (χ0) is 14.7. The summed E-state index contributed by atoms with van der Waals surface area (Å²) in [7, 11) is 1.79. The number of carbonyl (C=O) groups is 1. The average Bonchev–Trinajstić information content (AvgIpc) is 2.83. The monoisotopic (exact) mass is 276 g/mol. The molecule has 6 heteroatoms. The van der Waals surface area contributed by atoms with Crippen molar-refractivity contribution in [1.82, 2.24) is 9.88 Å². The normalized spacial score (nSPS) is 10.8. The van der Waals surface area contributed by atoms with E-state index in [4.69, 9.17) is 10.2 Å². The molecule has 2 N–H and O–H groups in total. The molecule has 20 heavy (non-hydrogen) atoms. The molecule has 108 valence electrons. The average molecular weight is 276 g/mol. The zero-order valence-corrected chi connectivity index (χ0v) is 12.1. The molecular weight excluding hydrogens is 256 g/mol. The van der Waals surface area contributed by atoms with Gasteiger partial charge in [0.2, 0.25) is 5.91 Å². The van der Waals surface area contributed by atoms with Crippen LogP contribution in [-0.4, -0.2) is 42.5 Å².